The molecule has 0 saturated carbocycles. The van der Waals surface area contributed by atoms with Crippen molar-refractivity contribution in [2.75, 3.05) is 0 Å². The van der Waals surface area contributed by atoms with E-state index in [1.807, 2.05) is 0 Å². The van der Waals surface area contributed by atoms with Crippen LogP contribution in [0, 0.1) is 0 Å². The molecule has 58 valence electrons. The normalized spacial score (nSPS) is 9.36. The number of thiol groups is 1. The van der Waals surface area contributed by atoms with E-state index < -0.39 is 7.32 Å². The highest BCUT2D eigenvalue weighted by atomic mass is 32.1. The van der Waals surface area contributed by atoms with Gasteiger partial charge in [0.05, 0.1) is 0 Å². The van der Waals surface area contributed by atoms with Gasteiger partial charge < -0.3 is 14.7 Å². The monoisotopic (exact) mass is 170 g/mol. The summed E-state index contributed by atoms with van der Waals surface area (Å²) in [6.07, 6.45) is 0. The standard InChI is InChI=1S/C6H7BO3S/c8-7(9)10-5-2-1-3-6(11)4-5/h1-4,8-9,11H. The second kappa shape index (κ2) is 3.66. The Morgan fingerprint density at radius 2 is 2.09 bits per heavy atom. The van der Waals surface area contributed by atoms with E-state index in [-0.39, 0.29) is 0 Å². The zero-order valence-electron chi connectivity index (χ0n) is 5.64. The molecule has 5 heteroatoms. The molecule has 11 heavy (non-hydrogen) atoms. The molecule has 0 heterocycles. The van der Waals surface area contributed by atoms with Gasteiger partial charge in [0.15, 0.2) is 0 Å². The molecule has 1 rings (SSSR count). The SMILES string of the molecule is OB(O)Oc1cccc(S)c1. The van der Waals surface area contributed by atoms with Gasteiger partial charge in [-0.25, -0.2) is 0 Å². The Morgan fingerprint density at radius 1 is 1.36 bits per heavy atom. The van der Waals surface area contributed by atoms with Crippen molar-refractivity contribution in [2.45, 2.75) is 4.90 Å². The number of rotatable bonds is 2. The molecule has 0 spiro atoms. The highest BCUT2D eigenvalue weighted by Gasteiger charge is 2.10. The lowest BCUT2D eigenvalue weighted by Gasteiger charge is -2.03. The lowest BCUT2D eigenvalue weighted by atomic mass is 10.2. The lowest BCUT2D eigenvalue weighted by Crippen LogP contribution is -2.20. The zero-order chi connectivity index (χ0) is 8.27. The van der Waals surface area contributed by atoms with Crippen molar-refractivity contribution in [2.24, 2.45) is 0 Å². The highest BCUT2D eigenvalue weighted by Crippen LogP contribution is 2.15. The number of benzene rings is 1. The molecule has 0 atom stereocenters. The molecule has 0 bridgehead atoms. The summed E-state index contributed by atoms with van der Waals surface area (Å²) in [6.45, 7) is 0. The topological polar surface area (TPSA) is 49.7 Å². The first-order valence-corrected chi connectivity index (χ1v) is 3.45. The number of hydrogen-bond donors (Lipinski definition) is 3. The Hall–Kier alpha value is -0.645. The summed E-state index contributed by atoms with van der Waals surface area (Å²) >= 11 is 4.03. The second-order valence-electron chi connectivity index (χ2n) is 1.94. The first kappa shape index (κ1) is 8.45. The second-order valence-corrected chi connectivity index (χ2v) is 2.46. The third-order valence-corrected chi connectivity index (χ3v) is 1.34. The average Bonchev–Trinajstić information content (AvgIpc) is 1.85. The maximum Gasteiger partial charge on any atom is 0.707 e. The van der Waals surface area contributed by atoms with Gasteiger partial charge in [-0.15, -0.1) is 12.6 Å². The van der Waals surface area contributed by atoms with Crippen LogP contribution < -0.4 is 4.65 Å². The minimum atomic E-state index is -1.77. The largest absolute Gasteiger partial charge is 0.707 e. The van der Waals surface area contributed by atoms with Crippen LogP contribution in [0.25, 0.3) is 0 Å². The minimum absolute atomic E-state index is 0.382. The molecule has 3 nitrogen and oxygen atoms in total. The Balaban J connectivity index is 2.71. The van der Waals surface area contributed by atoms with E-state index in [1.54, 1.807) is 24.3 Å². The van der Waals surface area contributed by atoms with Crippen molar-refractivity contribution >= 4 is 20.0 Å². The fourth-order valence-corrected chi connectivity index (χ4v) is 0.892. The Bertz CT molecular complexity index is 241. The van der Waals surface area contributed by atoms with Crippen molar-refractivity contribution in [1.29, 1.82) is 0 Å². The van der Waals surface area contributed by atoms with E-state index in [4.69, 9.17) is 10.0 Å². The minimum Gasteiger partial charge on any atom is -0.512 e. The van der Waals surface area contributed by atoms with Crippen LogP contribution in [0.2, 0.25) is 0 Å². The van der Waals surface area contributed by atoms with E-state index in [2.05, 4.69) is 17.3 Å². The van der Waals surface area contributed by atoms with Crippen LogP contribution in [0.5, 0.6) is 5.75 Å². The fraction of sp³-hybridized carbons (Fsp3) is 0. The molecular weight excluding hydrogens is 163 g/mol. The summed E-state index contributed by atoms with van der Waals surface area (Å²) in [4.78, 5) is 0.711. The summed E-state index contributed by atoms with van der Waals surface area (Å²) in [5.74, 6) is 0.382. The molecule has 0 fully saturated rings. The molecule has 1 aromatic rings. The van der Waals surface area contributed by atoms with Crippen LogP contribution in [0.15, 0.2) is 29.2 Å². The Labute approximate surface area is 70.2 Å². The van der Waals surface area contributed by atoms with E-state index in [0.29, 0.717) is 10.6 Å². The van der Waals surface area contributed by atoms with Gasteiger partial charge in [0.25, 0.3) is 0 Å². The summed E-state index contributed by atoms with van der Waals surface area (Å²) in [5, 5.41) is 16.8. The van der Waals surface area contributed by atoms with E-state index in [1.165, 1.54) is 0 Å². The van der Waals surface area contributed by atoms with Crippen molar-refractivity contribution in [1.82, 2.24) is 0 Å². The van der Waals surface area contributed by atoms with Gasteiger partial charge in [0.2, 0.25) is 0 Å². The average molecular weight is 170 g/mol. The van der Waals surface area contributed by atoms with Gasteiger partial charge >= 0.3 is 7.32 Å². The predicted molar refractivity (Wildman–Crippen MR) is 44.5 cm³/mol. The first-order valence-electron chi connectivity index (χ1n) is 3.00. The molecular formula is C6H7BO3S. The van der Waals surface area contributed by atoms with Crippen molar-refractivity contribution in [3.05, 3.63) is 24.3 Å². The van der Waals surface area contributed by atoms with Gasteiger partial charge in [-0.2, -0.15) is 0 Å². The summed E-state index contributed by atoms with van der Waals surface area (Å²) in [7, 11) is -1.77. The van der Waals surface area contributed by atoms with Gasteiger partial charge in [0, 0.05) is 4.90 Å². The van der Waals surface area contributed by atoms with Crippen LogP contribution in [0.4, 0.5) is 0 Å². The van der Waals surface area contributed by atoms with Crippen molar-refractivity contribution in [3.8, 4) is 5.75 Å². The highest BCUT2D eigenvalue weighted by molar-refractivity contribution is 7.80. The van der Waals surface area contributed by atoms with E-state index in [9.17, 15) is 0 Å². The molecule has 0 aromatic heterocycles. The fourth-order valence-electron chi connectivity index (χ4n) is 0.679. The van der Waals surface area contributed by atoms with E-state index >= 15 is 0 Å². The summed E-state index contributed by atoms with van der Waals surface area (Å²) < 4.78 is 4.56. The third-order valence-electron chi connectivity index (χ3n) is 1.06. The molecule has 0 aliphatic heterocycles. The van der Waals surface area contributed by atoms with Crippen molar-refractivity contribution in [3.63, 3.8) is 0 Å². The molecule has 1 aromatic carbocycles. The van der Waals surface area contributed by atoms with Crippen LogP contribution in [-0.4, -0.2) is 17.4 Å². The van der Waals surface area contributed by atoms with Crippen molar-refractivity contribution < 1.29 is 14.7 Å². The van der Waals surface area contributed by atoms with Gasteiger partial charge in [-0.1, -0.05) is 6.07 Å². The molecule has 0 radical (unpaired) electrons. The van der Waals surface area contributed by atoms with Crippen LogP contribution in [0.3, 0.4) is 0 Å². The van der Waals surface area contributed by atoms with Gasteiger partial charge in [-0.3, -0.25) is 0 Å². The molecule has 0 saturated heterocycles. The first-order chi connectivity index (χ1) is 5.18. The maximum atomic E-state index is 8.41. The molecule has 0 unspecified atom stereocenters. The van der Waals surface area contributed by atoms with Crippen LogP contribution >= 0.6 is 12.6 Å². The number of hydrogen-bond acceptors (Lipinski definition) is 4. The molecule has 0 amide bonds. The quantitative estimate of drug-likeness (QED) is 0.442. The summed E-state index contributed by atoms with van der Waals surface area (Å²) in [5.41, 5.74) is 0. The smallest absolute Gasteiger partial charge is 0.512 e. The van der Waals surface area contributed by atoms with Gasteiger partial charge in [-0.05, 0) is 18.2 Å². The summed E-state index contributed by atoms with van der Waals surface area (Å²) in [6, 6.07) is 6.67. The van der Waals surface area contributed by atoms with Crippen LogP contribution in [-0.2, 0) is 0 Å². The van der Waals surface area contributed by atoms with Gasteiger partial charge in [0.1, 0.15) is 5.75 Å². The maximum absolute atomic E-state index is 8.41. The molecule has 0 aliphatic carbocycles. The Morgan fingerprint density at radius 3 is 2.64 bits per heavy atom. The molecule has 0 aliphatic rings. The predicted octanol–water partition coefficient (Wildman–Crippen LogP) is 0.324. The Kier molecular flexibility index (Phi) is 2.81. The lowest BCUT2D eigenvalue weighted by molar-refractivity contribution is 0.288. The van der Waals surface area contributed by atoms with Crippen LogP contribution in [0.1, 0.15) is 0 Å². The van der Waals surface area contributed by atoms with E-state index in [0.717, 1.165) is 0 Å². The molecule has 2 N–H and O–H groups in total. The third kappa shape index (κ3) is 2.84. The zero-order valence-corrected chi connectivity index (χ0v) is 6.53.